The van der Waals surface area contributed by atoms with Gasteiger partial charge in [0.05, 0.1) is 11.1 Å². The third-order valence-corrected chi connectivity index (χ3v) is 7.21. The predicted molar refractivity (Wildman–Crippen MR) is 158 cm³/mol. The maximum Gasteiger partial charge on any atom is 0.138 e. The van der Waals surface area contributed by atoms with Crippen molar-refractivity contribution in [3.05, 3.63) is 65.1 Å². The Hall–Kier alpha value is -3.08. The first-order valence-corrected chi connectivity index (χ1v) is 14.3. The topological polar surface area (TPSA) is 67.2 Å². The molecule has 37 heavy (non-hydrogen) atoms. The van der Waals surface area contributed by atoms with Crippen LogP contribution >= 0.6 is 0 Å². The first kappa shape index (κ1) is 28.5. The van der Waals surface area contributed by atoms with Crippen LogP contribution in [0, 0.1) is 0 Å². The number of nitrogens with zero attached hydrogens (tertiary/aromatic N) is 2. The lowest BCUT2D eigenvalue weighted by Crippen LogP contribution is -2.25. The van der Waals surface area contributed by atoms with Gasteiger partial charge < -0.3 is 25.1 Å². The number of phenolic OH excluding ortho intramolecular Hbond substituents is 1. The smallest absolute Gasteiger partial charge is 0.138 e. The first-order valence-electron chi connectivity index (χ1n) is 14.3. The fourth-order valence-electron chi connectivity index (χ4n) is 4.84. The van der Waals surface area contributed by atoms with Crippen molar-refractivity contribution in [2.75, 3.05) is 36.0 Å². The van der Waals surface area contributed by atoms with Gasteiger partial charge in [0.1, 0.15) is 17.3 Å². The second-order valence-corrected chi connectivity index (χ2v) is 10.1. The number of phenols is 1. The quantitative estimate of drug-likeness (QED) is 0.213. The van der Waals surface area contributed by atoms with E-state index in [4.69, 9.17) is 0 Å². The number of unbranched alkanes of at least 4 members (excludes halogenated alkanes) is 4. The van der Waals surface area contributed by atoms with E-state index in [0.29, 0.717) is 16.7 Å². The molecule has 0 saturated heterocycles. The van der Waals surface area contributed by atoms with Gasteiger partial charge in [-0.3, -0.25) is 0 Å². The van der Waals surface area contributed by atoms with Gasteiger partial charge in [0.25, 0.3) is 0 Å². The monoisotopic (exact) mass is 506 g/mol. The summed E-state index contributed by atoms with van der Waals surface area (Å²) in [6.07, 6.45) is 9.05. The summed E-state index contributed by atoms with van der Waals surface area (Å²) in [4.78, 5) is 4.72. The Balaban J connectivity index is 1.79. The molecule has 0 aliphatic heterocycles. The normalized spacial score (nSPS) is 13.2. The summed E-state index contributed by atoms with van der Waals surface area (Å²) in [5.41, 5.74) is 4.11. The SMILES string of the molecule is CCCCN(CCCC)c1ccc(C2=C(O)C(c3ccc(N(CCCC)CCCC)cc3O)=C2O)cc1. The molecule has 202 valence electrons. The highest BCUT2D eigenvalue weighted by Gasteiger charge is 2.33. The predicted octanol–water partition coefficient (Wildman–Crippen LogP) is 8.46. The Bertz CT molecular complexity index is 1060. The first-order chi connectivity index (χ1) is 18.0. The van der Waals surface area contributed by atoms with Crippen LogP contribution in [-0.4, -0.2) is 41.5 Å². The molecule has 1 aliphatic carbocycles. The molecule has 5 heteroatoms. The molecule has 0 saturated carbocycles. The van der Waals surface area contributed by atoms with Gasteiger partial charge in [-0.05, 0) is 55.5 Å². The molecule has 3 rings (SSSR count). The van der Waals surface area contributed by atoms with Crippen LogP contribution in [0.4, 0.5) is 11.4 Å². The zero-order chi connectivity index (χ0) is 26.8. The summed E-state index contributed by atoms with van der Waals surface area (Å²) in [5.74, 6) is 0.118. The van der Waals surface area contributed by atoms with Gasteiger partial charge in [-0.2, -0.15) is 0 Å². The standard InChI is InChI=1S/C32H46N2O3/c1-5-9-19-33(20-10-6-2)25-15-13-24(14-16-25)29-31(36)30(32(29)37)27-18-17-26(23-28(27)35)34(21-11-7-3)22-12-8-4/h13-18,23,35-37H,5-12,19-22H2,1-4H3. The van der Waals surface area contributed by atoms with Crippen molar-refractivity contribution in [2.45, 2.75) is 79.1 Å². The molecule has 0 spiro atoms. The van der Waals surface area contributed by atoms with Gasteiger partial charge in [-0.25, -0.2) is 0 Å². The minimum Gasteiger partial charge on any atom is -0.507 e. The lowest BCUT2D eigenvalue weighted by molar-refractivity contribution is 0.388. The summed E-state index contributed by atoms with van der Waals surface area (Å²) in [5, 5.41) is 32.7. The molecule has 0 bridgehead atoms. The fourth-order valence-corrected chi connectivity index (χ4v) is 4.84. The van der Waals surface area contributed by atoms with Crippen molar-refractivity contribution in [2.24, 2.45) is 0 Å². The molecular formula is C32H46N2O3. The summed E-state index contributed by atoms with van der Waals surface area (Å²) in [6.45, 7) is 12.7. The zero-order valence-corrected chi connectivity index (χ0v) is 23.3. The second kappa shape index (κ2) is 14.0. The van der Waals surface area contributed by atoms with Crippen LogP contribution in [0.1, 0.15) is 90.2 Å². The number of rotatable bonds is 16. The number of benzene rings is 2. The van der Waals surface area contributed by atoms with E-state index >= 15 is 0 Å². The average Bonchev–Trinajstić information content (AvgIpc) is 2.91. The minimum absolute atomic E-state index is 0.0240. The van der Waals surface area contributed by atoms with Crippen molar-refractivity contribution in [1.82, 2.24) is 0 Å². The Morgan fingerprint density at radius 1 is 0.541 bits per heavy atom. The van der Waals surface area contributed by atoms with Crippen LogP contribution in [0.2, 0.25) is 0 Å². The third-order valence-electron chi connectivity index (χ3n) is 7.21. The van der Waals surface area contributed by atoms with Crippen molar-refractivity contribution in [3.8, 4) is 5.75 Å². The maximum absolute atomic E-state index is 10.9. The number of aromatic hydroxyl groups is 1. The lowest BCUT2D eigenvalue weighted by atomic mass is 9.84. The van der Waals surface area contributed by atoms with Gasteiger partial charge in [0.2, 0.25) is 0 Å². The summed E-state index contributed by atoms with van der Waals surface area (Å²) >= 11 is 0. The molecule has 0 radical (unpaired) electrons. The van der Waals surface area contributed by atoms with Crippen molar-refractivity contribution in [1.29, 1.82) is 0 Å². The van der Waals surface area contributed by atoms with E-state index in [0.717, 1.165) is 94.5 Å². The van der Waals surface area contributed by atoms with Gasteiger partial charge in [-0.15, -0.1) is 0 Å². The van der Waals surface area contributed by atoms with Crippen molar-refractivity contribution >= 4 is 22.5 Å². The largest absolute Gasteiger partial charge is 0.507 e. The van der Waals surface area contributed by atoms with Crippen LogP contribution in [-0.2, 0) is 0 Å². The van der Waals surface area contributed by atoms with Crippen LogP contribution in [0.3, 0.4) is 0 Å². The highest BCUT2D eigenvalue weighted by molar-refractivity contribution is 6.07. The number of aliphatic hydroxyl groups is 2. The molecule has 0 amide bonds. The zero-order valence-electron chi connectivity index (χ0n) is 23.3. The van der Waals surface area contributed by atoms with Gasteiger partial charge in [0, 0.05) is 49.2 Å². The van der Waals surface area contributed by atoms with E-state index in [2.05, 4.69) is 49.6 Å². The number of hydrogen-bond donors (Lipinski definition) is 3. The van der Waals surface area contributed by atoms with E-state index in [1.165, 1.54) is 0 Å². The van der Waals surface area contributed by atoms with Gasteiger partial charge >= 0.3 is 0 Å². The average molecular weight is 507 g/mol. The number of anilines is 2. The lowest BCUT2D eigenvalue weighted by Gasteiger charge is -2.28. The number of hydrogen-bond acceptors (Lipinski definition) is 5. The summed E-state index contributed by atoms with van der Waals surface area (Å²) in [6, 6.07) is 13.6. The van der Waals surface area contributed by atoms with Gasteiger partial charge in [-0.1, -0.05) is 65.5 Å². The fraction of sp³-hybridized carbons (Fsp3) is 0.500. The molecular weight excluding hydrogens is 460 g/mol. The molecule has 0 heterocycles. The highest BCUT2D eigenvalue weighted by atomic mass is 16.3. The van der Waals surface area contributed by atoms with E-state index in [9.17, 15) is 15.3 Å². The highest BCUT2D eigenvalue weighted by Crippen LogP contribution is 2.47. The molecule has 5 nitrogen and oxygen atoms in total. The molecule has 1 aliphatic rings. The molecule has 0 aromatic heterocycles. The van der Waals surface area contributed by atoms with Crippen LogP contribution < -0.4 is 9.80 Å². The maximum atomic E-state index is 10.9. The van der Waals surface area contributed by atoms with Crippen LogP contribution in [0.15, 0.2) is 54.0 Å². The minimum atomic E-state index is 0.0240. The Morgan fingerprint density at radius 2 is 0.973 bits per heavy atom. The van der Waals surface area contributed by atoms with E-state index < -0.39 is 0 Å². The van der Waals surface area contributed by atoms with E-state index in [1.54, 1.807) is 12.1 Å². The summed E-state index contributed by atoms with van der Waals surface area (Å²) in [7, 11) is 0. The Labute approximate surface area is 223 Å². The molecule has 2 aromatic rings. The Kier molecular flexibility index (Phi) is 10.8. The molecule has 0 atom stereocenters. The van der Waals surface area contributed by atoms with E-state index in [1.807, 2.05) is 18.2 Å². The van der Waals surface area contributed by atoms with Crippen LogP contribution in [0.25, 0.3) is 11.1 Å². The second-order valence-electron chi connectivity index (χ2n) is 10.1. The Morgan fingerprint density at radius 3 is 1.41 bits per heavy atom. The number of allylic oxidation sites excluding steroid dienone is 2. The van der Waals surface area contributed by atoms with Crippen LogP contribution in [0.5, 0.6) is 5.75 Å². The summed E-state index contributed by atoms with van der Waals surface area (Å²) < 4.78 is 0. The van der Waals surface area contributed by atoms with E-state index in [-0.39, 0.29) is 17.3 Å². The molecule has 0 unspecified atom stereocenters. The molecule has 2 aromatic carbocycles. The molecule has 0 fully saturated rings. The third kappa shape index (κ3) is 6.82. The molecule has 3 N–H and O–H groups in total. The van der Waals surface area contributed by atoms with Crippen molar-refractivity contribution < 1.29 is 15.3 Å². The van der Waals surface area contributed by atoms with Crippen molar-refractivity contribution in [3.63, 3.8) is 0 Å². The van der Waals surface area contributed by atoms with Gasteiger partial charge in [0.15, 0.2) is 0 Å². The number of aliphatic hydroxyl groups excluding tert-OH is 2.